The molecule has 0 radical (unpaired) electrons. The van der Waals surface area contributed by atoms with E-state index < -0.39 is 0 Å². The van der Waals surface area contributed by atoms with Crippen molar-refractivity contribution in [3.05, 3.63) is 108 Å². The van der Waals surface area contributed by atoms with Crippen LogP contribution in [0.1, 0.15) is 21.5 Å². The Morgan fingerprint density at radius 2 is 1.12 bits per heavy atom. The molecular formula is C23H19NO. The Bertz CT molecular complexity index is 820. The van der Waals surface area contributed by atoms with E-state index in [1.165, 1.54) is 11.1 Å². The number of rotatable bonds is 5. The van der Waals surface area contributed by atoms with Gasteiger partial charge in [0.15, 0.2) is 0 Å². The second-order valence-electron chi connectivity index (χ2n) is 5.76. The summed E-state index contributed by atoms with van der Waals surface area (Å²) in [6, 6.07) is 32.5. The minimum atomic E-state index is -0.160. The third-order valence-electron chi connectivity index (χ3n) is 3.80. The smallest absolute Gasteiger partial charge is 0.237 e. The van der Waals surface area contributed by atoms with E-state index >= 15 is 0 Å². The minimum absolute atomic E-state index is 0.160. The van der Waals surface area contributed by atoms with Crippen LogP contribution in [0.5, 0.6) is 0 Å². The van der Waals surface area contributed by atoms with Crippen LogP contribution < -0.4 is 0 Å². The zero-order valence-corrected chi connectivity index (χ0v) is 13.9. The molecule has 0 fully saturated rings. The summed E-state index contributed by atoms with van der Waals surface area (Å²) in [5.74, 6) is 2.62. The van der Waals surface area contributed by atoms with Gasteiger partial charge in [0.1, 0.15) is 0 Å². The molecule has 3 aromatic rings. The Hall–Kier alpha value is -3.31. The van der Waals surface area contributed by atoms with E-state index in [0.717, 1.165) is 0 Å². The second-order valence-corrected chi connectivity index (χ2v) is 5.76. The van der Waals surface area contributed by atoms with Gasteiger partial charge in [-0.2, -0.15) is 0 Å². The minimum Gasteiger partial charge on any atom is -0.323 e. The summed E-state index contributed by atoms with van der Waals surface area (Å²) >= 11 is 0. The van der Waals surface area contributed by atoms with Gasteiger partial charge < -0.3 is 4.90 Å². The molecule has 0 saturated carbocycles. The van der Waals surface area contributed by atoms with E-state index in [4.69, 9.17) is 0 Å². The summed E-state index contributed by atoms with van der Waals surface area (Å²) in [4.78, 5) is 14.2. The van der Waals surface area contributed by atoms with Crippen LogP contribution in [0.2, 0.25) is 0 Å². The normalized spacial score (nSPS) is 9.76. The maximum absolute atomic E-state index is 12.3. The first-order valence-corrected chi connectivity index (χ1v) is 8.25. The van der Waals surface area contributed by atoms with Crippen LogP contribution in [0.4, 0.5) is 0 Å². The molecule has 0 atom stereocenters. The molecule has 0 aliphatic rings. The standard InChI is InChI=1S/C23H19NO/c25-23(22-14-8-3-9-15-22)16-17-24(18-20-10-4-1-5-11-20)19-21-12-6-2-7-13-21/h1-15H,18-19H2. The Morgan fingerprint density at radius 3 is 1.60 bits per heavy atom. The van der Waals surface area contributed by atoms with Crippen LogP contribution in [0, 0.1) is 12.0 Å². The van der Waals surface area contributed by atoms with Gasteiger partial charge in [0, 0.05) is 11.6 Å². The van der Waals surface area contributed by atoms with E-state index in [-0.39, 0.29) is 5.78 Å². The average Bonchev–Trinajstić information content (AvgIpc) is 2.68. The fourth-order valence-electron chi connectivity index (χ4n) is 2.53. The highest BCUT2D eigenvalue weighted by Crippen LogP contribution is 2.09. The Balaban J connectivity index is 1.79. The number of nitrogens with zero attached hydrogens (tertiary/aromatic N) is 1. The lowest BCUT2D eigenvalue weighted by molar-refractivity contribution is 0.105. The molecule has 0 N–H and O–H groups in total. The van der Waals surface area contributed by atoms with Crippen molar-refractivity contribution < 1.29 is 4.79 Å². The molecule has 0 unspecified atom stereocenters. The van der Waals surface area contributed by atoms with Crippen LogP contribution >= 0.6 is 0 Å². The fourth-order valence-corrected chi connectivity index (χ4v) is 2.53. The van der Waals surface area contributed by atoms with Crippen LogP contribution in [0.15, 0.2) is 91.0 Å². The van der Waals surface area contributed by atoms with Gasteiger partial charge >= 0.3 is 0 Å². The second kappa shape index (κ2) is 8.52. The quantitative estimate of drug-likeness (QED) is 0.390. The Labute approximate surface area is 148 Å². The van der Waals surface area contributed by atoms with E-state index in [9.17, 15) is 4.79 Å². The summed E-state index contributed by atoms with van der Waals surface area (Å²) in [5.41, 5.74) is 2.95. The molecule has 2 heteroatoms. The van der Waals surface area contributed by atoms with Crippen molar-refractivity contribution in [3.8, 4) is 12.0 Å². The highest BCUT2D eigenvalue weighted by atomic mass is 16.1. The van der Waals surface area contributed by atoms with Gasteiger partial charge in [-0.15, -0.1) is 0 Å². The summed E-state index contributed by atoms with van der Waals surface area (Å²) in [6.07, 6.45) is 0. The first-order chi connectivity index (χ1) is 12.3. The predicted molar refractivity (Wildman–Crippen MR) is 101 cm³/mol. The van der Waals surface area contributed by atoms with Crippen LogP contribution in [-0.2, 0) is 13.1 Å². The van der Waals surface area contributed by atoms with Gasteiger partial charge in [-0.25, -0.2) is 0 Å². The summed E-state index contributed by atoms with van der Waals surface area (Å²) in [5, 5.41) is 0. The number of carbonyl (C=O) groups is 1. The van der Waals surface area contributed by atoms with E-state index in [2.05, 4.69) is 36.2 Å². The zero-order valence-electron chi connectivity index (χ0n) is 13.9. The van der Waals surface area contributed by atoms with Gasteiger partial charge in [-0.05, 0) is 17.0 Å². The molecule has 2 nitrogen and oxygen atoms in total. The molecule has 0 bridgehead atoms. The molecular weight excluding hydrogens is 306 g/mol. The highest BCUT2D eigenvalue weighted by molar-refractivity contribution is 6.08. The molecule has 0 amide bonds. The van der Waals surface area contributed by atoms with Crippen molar-refractivity contribution >= 4 is 5.78 Å². The van der Waals surface area contributed by atoms with Gasteiger partial charge in [0.25, 0.3) is 0 Å². The monoisotopic (exact) mass is 325 g/mol. The zero-order chi connectivity index (χ0) is 17.3. The third kappa shape index (κ3) is 5.09. The SMILES string of the molecule is O=C(C#CN(Cc1ccccc1)Cc1ccccc1)c1ccccc1. The van der Waals surface area contributed by atoms with E-state index in [0.29, 0.717) is 18.7 Å². The number of carbonyl (C=O) groups excluding carboxylic acids is 1. The highest BCUT2D eigenvalue weighted by Gasteiger charge is 2.05. The van der Waals surface area contributed by atoms with Crippen molar-refractivity contribution in [1.29, 1.82) is 0 Å². The molecule has 3 aromatic carbocycles. The lowest BCUT2D eigenvalue weighted by atomic mass is 10.1. The molecule has 0 aromatic heterocycles. The summed E-state index contributed by atoms with van der Waals surface area (Å²) in [7, 11) is 0. The van der Waals surface area contributed by atoms with Gasteiger partial charge in [-0.3, -0.25) is 4.79 Å². The molecule has 3 rings (SSSR count). The number of Topliss-reactive ketones (excluding diaryl/α,β-unsaturated/α-hetero) is 1. The summed E-state index contributed by atoms with van der Waals surface area (Å²) in [6.45, 7) is 1.34. The molecule has 122 valence electrons. The van der Waals surface area contributed by atoms with Crippen molar-refractivity contribution in [3.63, 3.8) is 0 Å². The first-order valence-electron chi connectivity index (χ1n) is 8.25. The van der Waals surface area contributed by atoms with Crippen LogP contribution in [0.25, 0.3) is 0 Å². The third-order valence-corrected chi connectivity index (χ3v) is 3.80. The molecule has 0 aliphatic heterocycles. The lowest BCUT2D eigenvalue weighted by Crippen LogP contribution is -2.17. The molecule has 0 saturated heterocycles. The van der Waals surface area contributed by atoms with Crippen molar-refractivity contribution in [2.45, 2.75) is 13.1 Å². The lowest BCUT2D eigenvalue weighted by Gasteiger charge is -2.18. The maximum Gasteiger partial charge on any atom is 0.237 e. The van der Waals surface area contributed by atoms with Crippen molar-refractivity contribution in [1.82, 2.24) is 4.90 Å². The molecule has 25 heavy (non-hydrogen) atoms. The topological polar surface area (TPSA) is 20.3 Å². The largest absolute Gasteiger partial charge is 0.323 e. The van der Waals surface area contributed by atoms with Crippen molar-refractivity contribution in [2.75, 3.05) is 0 Å². The number of ketones is 1. The fraction of sp³-hybridized carbons (Fsp3) is 0.0870. The van der Waals surface area contributed by atoms with Gasteiger partial charge in [0.05, 0.1) is 13.1 Å². The summed E-state index contributed by atoms with van der Waals surface area (Å²) < 4.78 is 0. The predicted octanol–water partition coefficient (Wildman–Crippen LogP) is 4.53. The number of benzene rings is 3. The van der Waals surface area contributed by atoms with Crippen molar-refractivity contribution in [2.24, 2.45) is 0 Å². The van der Waals surface area contributed by atoms with Crippen LogP contribution in [0.3, 0.4) is 0 Å². The maximum atomic E-state index is 12.3. The van der Waals surface area contributed by atoms with E-state index in [1.807, 2.05) is 59.5 Å². The number of hydrogen-bond donors (Lipinski definition) is 0. The molecule has 0 spiro atoms. The van der Waals surface area contributed by atoms with E-state index in [1.54, 1.807) is 12.1 Å². The number of hydrogen-bond acceptors (Lipinski definition) is 2. The average molecular weight is 325 g/mol. The Morgan fingerprint density at radius 1 is 0.680 bits per heavy atom. The molecule has 0 heterocycles. The first kappa shape index (κ1) is 16.5. The van der Waals surface area contributed by atoms with Gasteiger partial charge in [0.2, 0.25) is 5.78 Å². The Kier molecular flexibility index (Phi) is 5.64. The van der Waals surface area contributed by atoms with Crippen LogP contribution in [-0.4, -0.2) is 10.7 Å². The van der Waals surface area contributed by atoms with Gasteiger partial charge in [-0.1, -0.05) is 91.0 Å². The molecule has 0 aliphatic carbocycles.